The van der Waals surface area contributed by atoms with Crippen molar-refractivity contribution >= 4 is 18.0 Å². The molecule has 0 radical (unpaired) electrons. The molecule has 1 atom stereocenters. The molecule has 2 amide bonds. The molecule has 1 saturated heterocycles. The van der Waals surface area contributed by atoms with Gasteiger partial charge in [0.15, 0.2) is 0 Å². The van der Waals surface area contributed by atoms with E-state index in [9.17, 15) is 14.4 Å². The summed E-state index contributed by atoms with van der Waals surface area (Å²) in [6.07, 6.45) is -0.0827. The number of hydrogen-bond acceptors (Lipinski definition) is 5. The first-order valence-electron chi connectivity index (χ1n) is 5.95. The van der Waals surface area contributed by atoms with E-state index < -0.39 is 24.0 Å². The number of rotatable bonds is 5. The first-order valence-corrected chi connectivity index (χ1v) is 5.95. The highest BCUT2D eigenvalue weighted by atomic mass is 16.5. The van der Waals surface area contributed by atoms with Crippen molar-refractivity contribution in [2.24, 2.45) is 0 Å². The van der Waals surface area contributed by atoms with E-state index in [-0.39, 0.29) is 26.0 Å². The van der Waals surface area contributed by atoms with Crippen LogP contribution in [0.5, 0.6) is 0 Å². The summed E-state index contributed by atoms with van der Waals surface area (Å²) in [5.41, 5.74) is 0. The highest BCUT2D eigenvalue weighted by Crippen LogP contribution is 2.10. The number of esters is 1. The third-order valence-corrected chi connectivity index (χ3v) is 2.73. The Morgan fingerprint density at radius 2 is 2.21 bits per heavy atom. The van der Waals surface area contributed by atoms with Crippen molar-refractivity contribution in [3.8, 4) is 0 Å². The highest BCUT2D eigenvalue weighted by Gasteiger charge is 2.28. The Kier molecular flexibility index (Phi) is 6.07. The fraction of sp³-hybridized carbons (Fsp3) is 0.727. The van der Waals surface area contributed by atoms with Crippen molar-refractivity contribution in [2.75, 3.05) is 33.4 Å². The Morgan fingerprint density at radius 1 is 1.47 bits per heavy atom. The van der Waals surface area contributed by atoms with Gasteiger partial charge in [0, 0.05) is 13.1 Å². The van der Waals surface area contributed by atoms with Crippen molar-refractivity contribution in [3.63, 3.8) is 0 Å². The topological polar surface area (TPSA) is 105 Å². The van der Waals surface area contributed by atoms with Gasteiger partial charge in [-0.15, -0.1) is 0 Å². The molecular weight excluding hydrogens is 256 g/mol. The van der Waals surface area contributed by atoms with Crippen molar-refractivity contribution in [1.29, 1.82) is 0 Å². The number of hydrogen-bond donors (Lipinski definition) is 2. The fourth-order valence-corrected chi connectivity index (χ4v) is 1.77. The van der Waals surface area contributed by atoms with E-state index >= 15 is 0 Å². The number of carboxylic acid groups (broad SMARTS) is 1. The van der Waals surface area contributed by atoms with Crippen molar-refractivity contribution < 1.29 is 29.0 Å². The van der Waals surface area contributed by atoms with Gasteiger partial charge in [-0.25, -0.2) is 4.79 Å². The van der Waals surface area contributed by atoms with Crippen LogP contribution in [0, 0.1) is 0 Å². The smallest absolute Gasteiger partial charge is 0.317 e. The second kappa shape index (κ2) is 7.57. The number of urea groups is 1. The molecule has 0 aromatic rings. The summed E-state index contributed by atoms with van der Waals surface area (Å²) in [6, 6.07) is -0.872. The number of carbonyl (C=O) groups excluding carboxylic acids is 2. The van der Waals surface area contributed by atoms with Crippen LogP contribution in [0.1, 0.15) is 12.8 Å². The lowest BCUT2D eigenvalue weighted by molar-refractivity contribution is -0.140. The van der Waals surface area contributed by atoms with Crippen LogP contribution in [0.15, 0.2) is 0 Å². The molecule has 108 valence electrons. The molecule has 1 unspecified atom stereocenters. The Labute approximate surface area is 110 Å². The van der Waals surface area contributed by atoms with Crippen molar-refractivity contribution in [3.05, 3.63) is 0 Å². The summed E-state index contributed by atoms with van der Waals surface area (Å²) in [5, 5.41) is 11.3. The first-order chi connectivity index (χ1) is 9.04. The number of ether oxygens (including phenoxy) is 2. The van der Waals surface area contributed by atoms with Crippen molar-refractivity contribution in [2.45, 2.75) is 18.9 Å². The maximum Gasteiger partial charge on any atom is 0.317 e. The van der Waals surface area contributed by atoms with E-state index in [1.807, 2.05) is 0 Å². The third kappa shape index (κ3) is 5.12. The standard InChI is InChI=1S/C11H18N2O6/c1-18-10(16)2-3-12-11(17)13-4-5-19-7-8(13)6-9(14)15/h8H,2-7H2,1H3,(H,12,17)(H,14,15). The molecule has 1 aliphatic heterocycles. The molecule has 1 aliphatic rings. The van der Waals surface area contributed by atoms with Gasteiger partial charge in [-0.05, 0) is 0 Å². The summed E-state index contributed by atoms with van der Waals surface area (Å²) in [4.78, 5) is 34.9. The quantitative estimate of drug-likeness (QED) is 0.651. The Balaban J connectivity index is 2.43. The molecule has 0 bridgehead atoms. The van der Waals surface area contributed by atoms with E-state index in [1.165, 1.54) is 12.0 Å². The number of nitrogens with zero attached hydrogens (tertiary/aromatic N) is 1. The molecule has 1 heterocycles. The van der Waals surface area contributed by atoms with Crippen LogP contribution >= 0.6 is 0 Å². The number of carboxylic acids is 1. The largest absolute Gasteiger partial charge is 0.481 e. The Hall–Kier alpha value is -1.83. The van der Waals surface area contributed by atoms with Gasteiger partial charge in [0.1, 0.15) is 0 Å². The van der Waals surface area contributed by atoms with Gasteiger partial charge >= 0.3 is 18.0 Å². The summed E-state index contributed by atoms with van der Waals surface area (Å²) in [5.74, 6) is -1.40. The average Bonchev–Trinajstić information content (AvgIpc) is 2.38. The maximum atomic E-state index is 11.9. The van der Waals surface area contributed by atoms with E-state index in [1.54, 1.807) is 0 Å². The molecule has 2 N–H and O–H groups in total. The zero-order valence-electron chi connectivity index (χ0n) is 10.8. The van der Waals surface area contributed by atoms with Crippen molar-refractivity contribution in [1.82, 2.24) is 10.2 Å². The molecule has 0 aromatic carbocycles. The SMILES string of the molecule is COC(=O)CCNC(=O)N1CCOCC1CC(=O)O. The Bertz CT molecular complexity index is 346. The second-order valence-corrected chi connectivity index (χ2v) is 4.08. The van der Waals surface area contributed by atoms with Crippen LogP contribution in [0.2, 0.25) is 0 Å². The average molecular weight is 274 g/mol. The number of methoxy groups -OCH3 is 1. The van der Waals surface area contributed by atoms with Gasteiger partial charge in [0.25, 0.3) is 0 Å². The highest BCUT2D eigenvalue weighted by molar-refractivity contribution is 5.77. The normalized spacial score (nSPS) is 18.8. The number of carbonyl (C=O) groups is 3. The fourth-order valence-electron chi connectivity index (χ4n) is 1.77. The minimum absolute atomic E-state index is 0.0795. The van der Waals surface area contributed by atoms with Gasteiger partial charge in [0.05, 0.1) is 39.2 Å². The van der Waals surface area contributed by atoms with Gasteiger partial charge < -0.3 is 24.8 Å². The minimum atomic E-state index is -0.983. The summed E-state index contributed by atoms with van der Waals surface area (Å²) < 4.78 is 9.61. The third-order valence-electron chi connectivity index (χ3n) is 2.73. The predicted molar refractivity (Wildman–Crippen MR) is 63.6 cm³/mol. The van der Waals surface area contributed by atoms with Crippen LogP contribution in [0.25, 0.3) is 0 Å². The lowest BCUT2D eigenvalue weighted by atomic mass is 10.1. The first kappa shape index (κ1) is 15.2. The molecule has 0 spiro atoms. The maximum absolute atomic E-state index is 11.9. The molecule has 8 nitrogen and oxygen atoms in total. The van der Waals surface area contributed by atoms with Gasteiger partial charge in [-0.2, -0.15) is 0 Å². The summed E-state index contributed by atoms with van der Waals surface area (Å²) >= 11 is 0. The van der Waals surface area contributed by atoms with Gasteiger partial charge in [-0.1, -0.05) is 0 Å². The van der Waals surface area contributed by atoms with E-state index in [4.69, 9.17) is 9.84 Å². The molecule has 8 heteroatoms. The predicted octanol–water partition coefficient (Wildman–Crippen LogP) is -0.565. The molecule has 1 fully saturated rings. The molecule has 0 aromatic heterocycles. The van der Waals surface area contributed by atoms with E-state index in [2.05, 4.69) is 10.1 Å². The number of amides is 2. The zero-order chi connectivity index (χ0) is 14.3. The number of aliphatic carboxylic acids is 1. The van der Waals surface area contributed by atoms with E-state index in [0.717, 1.165) is 0 Å². The molecular formula is C11H18N2O6. The van der Waals surface area contributed by atoms with Crippen LogP contribution < -0.4 is 5.32 Å². The van der Waals surface area contributed by atoms with Crippen LogP contribution in [0.4, 0.5) is 4.79 Å². The summed E-state index contributed by atoms with van der Waals surface area (Å²) in [7, 11) is 1.27. The van der Waals surface area contributed by atoms with E-state index in [0.29, 0.717) is 13.2 Å². The van der Waals surface area contributed by atoms with Gasteiger partial charge in [-0.3, -0.25) is 9.59 Å². The summed E-state index contributed by atoms with van der Waals surface area (Å²) in [6.45, 7) is 1.07. The number of morpholine rings is 1. The van der Waals surface area contributed by atoms with Crippen LogP contribution in [-0.2, 0) is 19.1 Å². The molecule has 0 saturated carbocycles. The monoisotopic (exact) mass is 274 g/mol. The number of nitrogens with one attached hydrogen (secondary N) is 1. The molecule has 0 aliphatic carbocycles. The van der Waals surface area contributed by atoms with Crippen LogP contribution in [-0.4, -0.2) is 67.4 Å². The second-order valence-electron chi connectivity index (χ2n) is 4.08. The minimum Gasteiger partial charge on any atom is -0.481 e. The Morgan fingerprint density at radius 3 is 2.84 bits per heavy atom. The lowest BCUT2D eigenvalue weighted by Crippen LogP contribution is -2.53. The lowest BCUT2D eigenvalue weighted by Gasteiger charge is -2.34. The molecule has 19 heavy (non-hydrogen) atoms. The van der Waals surface area contributed by atoms with Crippen LogP contribution in [0.3, 0.4) is 0 Å². The zero-order valence-corrected chi connectivity index (χ0v) is 10.8. The van der Waals surface area contributed by atoms with Gasteiger partial charge in [0.2, 0.25) is 0 Å². The molecule has 1 rings (SSSR count).